The van der Waals surface area contributed by atoms with Crippen LogP contribution in [0.4, 0.5) is 0 Å². The molecule has 110 valence electrons. The molecule has 0 aliphatic heterocycles. The van der Waals surface area contributed by atoms with Crippen LogP contribution < -0.4 is 5.56 Å². The van der Waals surface area contributed by atoms with E-state index < -0.39 is 11.5 Å². The minimum absolute atomic E-state index is 0.215. The molecule has 0 unspecified atom stereocenters. The number of carboxylic acid groups (broad SMARTS) is 1. The third-order valence-electron chi connectivity index (χ3n) is 2.59. The summed E-state index contributed by atoms with van der Waals surface area (Å²) in [6.45, 7) is 1.82. The van der Waals surface area contributed by atoms with Crippen molar-refractivity contribution in [2.24, 2.45) is 0 Å². The van der Waals surface area contributed by atoms with Gasteiger partial charge in [0.2, 0.25) is 0 Å². The van der Waals surface area contributed by atoms with E-state index in [0.717, 1.165) is 17.3 Å². The number of hydrogen-bond donors (Lipinski definition) is 1. The number of benzene rings is 1. The van der Waals surface area contributed by atoms with Crippen molar-refractivity contribution in [3.05, 3.63) is 50.4 Å². The van der Waals surface area contributed by atoms with Crippen LogP contribution in [0.1, 0.15) is 5.56 Å². The first-order chi connectivity index (χ1) is 9.88. The average molecular weight is 345 g/mol. The van der Waals surface area contributed by atoms with Gasteiger partial charge < -0.3 is 5.11 Å². The van der Waals surface area contributed by atoms with E-state index in [2.05, 4.69) is 4.98 Å². The molecule has 0 aliphatic rings. The number of thioether (sulfide) groups is 1. The van der Waals surface area contributed by atoms with Crippen LogP contribution in [0.15, 0.2) is 34.3 Å². The van der Waals surface area contributed by atoms with Crippen molar-refractivity contribution in [2.75, 3.05) is 5.75 Å². The Morgan fingerprint density at radius 1 is 1.38 bits per heavy atom. The van der Waals surface area contributed by atoms with Gasteiger partial charge in [0.15, 0.2) is 5.16 Å². The molecule has 5 nitrogen and oxygen atoms in total. The zero-order valence-corrected chi connectivity index (χ0v) is 13.2. The van der Waals surface area contributed by atoms with E-state index in [1.165, 1.54) is 12.3 Å². The van der Waals surface area contributed by atoms with Crippen molar-refractivity contribution in [2.45, 2.75) is 12.1 Å². The maximum absolute atomic E-state index is 11.4. The van der Waals surface area contributed by atoms with Crippen molar-refractivity contribution in [3.8, 4) is 5.69 Å². The van der Waals surface area contributed by atoms with Gasteiger partial charge in [-0.15, -0.1) is 0 Å². The zero-order valence-electron chi connectivity index (χ0n) is 10.8. The first-order valence-electron chi connectivity index (χ1n) is 5.79. The Bertz CT molecular complexity index is 762. The van der Waals surface area contributed by atoms with E-state index in [1.807, 2.05) is 6.92 Å². The minimum Gasteiger partial charge on any atom is -0.481 e. The van der Waals surface area contributed by atoms with Gasteiger partial charge in [0, 0.05) is 17.3 Å². The molecule has 0 fully saturated rings. The topological polar surface area (TPSA) is 72.2 Å². The maximum atomic E-state index is 11.4. The van der Waals surface area contributed by atoms with E-state index in [9.17, 15) is 9.59 Å². The normalized spacial score (nSPS) is 10.6. The van der Waals surface area contributed by atoms with Gasteiger partial charge in [-0.05, 0) is 24.6 Å². The minimum atomic E-state index is -1.00. The van der Waals surface area contributed by atoms with Gasteiger partial charge in [0.25, 0.3) is 5.56 Å². The monoisotopic (exact) mass is 344 g/mol. The lowest BCUT2D eigenvalue weighted by atomic mass is 10.2. The van der Waals surface area contributed by atoms with Crippen molar-refractivity contribution < 1.29 is 9.90 Å². The number of aromatic nitrogens is 2. The lowest BCUT2D eigenvalue weighted by Gasteiger charge is -2.13. The van der Waals surface area contributed by atoms with Crippen molar-refractivity contribution in [1.29, 1.82) is 0 Å². The van der Waals surface area contributed by atoms with Gasteiger partial charge >= 0.3 is 5.97 Å². The molecule has 21 heavy (non-hydrogen) atoms. The van der Waals surface area contributed by atoms with E-state index in [0.29, 0.717) is 15.7 Å². The lowest BCUT2D eigenvalue weighted by molar-refractivity contribution is -0.133. The van der Waals surface area contributed by atoms with Crippen molar-refractivity contribution in [1.82, 2.24) is 9.55 Å². The number of carboxylic acids is 1. The van der Waals surface area contributed by atoms with Crippen LogP contribution in [0.5, 0.6) is 0 Å². The molecule has 0 amide bonds. The van der Waals surface area contributed by atoms with Gasteiger partial charge in [-0.1, -0.05) is 35.0 Å². The van der Waals surface area contributed by atoms with Crippen molar-refractivity contribution >= 4 is 40.9 Å². The van der Waals surface area contributed by atoms with Crippen LogP contribution in [0.3, 0.4) is 0 Å². The summed E-state index contributed by atoms with van der Waals surface area (Å²) in [7, 11) is 0. The second-order valence-electron chi connectivity index (χ2n) is 4.15. The Kier molecular flexibility index (Phi) is 4.92. The summed E-state index contributed by atoms with van der Waals surface area (Å²) in [5, 5.41) is 9.95. The van der Waals surface area contributed by atoms with E-state index in [1.54, 1.807) is 16.7 Å². The first kappa shape index (κ1) is 15.9. The SMILES string of the molecule is Cc1cc(Cl)c(-n2ccc(=O)nc2SCC(=O)O)cc1Cl. The second kappa shape index (κ2) is 6.51. The smallest absolute Gasteiger partial charge is 0.313 e. The molecule has 1 aromatic carbocycles. The molecule has 1 heterocycles. The molecule has 0 saturated carbocycles. The largest absolute Gasteiger partial charge is 0.481 e. The molecule has 0 radical (unpaired) electrons. The van der Waals surface area contributed by atoms with E-state index in [-0.39, 0.29) is 10.9 Å². The fraction of sp³-hybridized carbons (Fsp3) is 0.154. The number of rotatable bonds is 4. The Morgan fingerprint density at radius 2 is 2.10 bits per heavy atom. The van der Waals surface area contributed by atoms with E-state index >= 15 is 0 Å². The standard InChI is InChI=1S/C13H10Cl2N2O3S/c1-7-4-9(15)10(5-8(7)14)17-3-2-11(18)16-13(17)21-6-12(19)20/h2-5H,6H2,1H3,(H,19,20). The molecular formula is C13H10Cl2N2O3S. The molecule has 2 rings (SSSR count). The summed E-state index contributed by atoms with van der Waals surface area (Å²) in [4.78, 5) is 25.9. The van der Waals surface area contributed by atoms with Crippen molar-refractivity contribution in [3.63, 3.8) is 0 Å². The average Bonchev–Trinajstić information content (AvgIpc) is 2.41. The van der Waals surface area contributed by atoms with Gasteiger partial charge in [-0.2, -0.15) is 4.98 Å². The first-order valence-corrected chi connectivity index (χ1v) is 7.53. The molecular weight excluding hydrogens is 335 g/mol. The highest BCUT2D eigenvalue weighted by Crippen LogP contribution is 2.29. The van der Waals surface area contributed by atoms with Gasteiger partial charge in [-0.25, -0.2) is 0 Å². The second-order valence-corrected chi connectivity index (χ2v) is 5.91. The third kappa shape index (κ3) is 3.78. The predicted octanol–water partition coefficient (Wildman–Crippen LogP) is 3.02. The molecule has 8 heteroatoms. The fourth-order valence-corrected chi connectivity index (χ4v) is 2.79. The van der Waals surface area contributed by atoms with Gasteiger partial charge in [-0.3, -0.25) is 14.2 Å². The number of carbonyl (C=O) groups is 1. The molecule has 1 N–H and O–H groups in total. The molecule has 0 spiro atoms. The fourth-order valence-electron chi connectivity index (χ4n) is 1.62. The number of halogens is 2. The maximum Gasteiger partial charge on any atom is 0.313 e. The predicted molar refractivity (Wildman–Crippen MR) is 83.0 cm³/mol. The van der Waals surface area contributed by atoms with E-state index in [4.69, 9.17) is 28.3 Å². The Balaban J connectivity index is 2.55. The summed E-state index contributed by atoms with van der Waals surface area (Å²) in [6.07, 6.45) is 1.49. The molecule has 1 aromatic heterocycles. The van der Waals surface area contributed by atoms with Crippen LogP contribution in [-0.4, -0.2) is 26.4 Å². The summed E-state index contributed by atoms with van der Waals surface area (Å²) < 4.78 is 1.54. The highest BCUT2D eigenvalue weighted by atomic mass is 35.5. The Labute approximate surface area is 134 Å². The Morgan fingerprint density at radius 3 is 2.76 bits per heavy atom. The molecule has 0 bridgehead atoms. The molecule has 2 aromatic rings. The number of aryl methyl sites for hydroxylation is 1. The van der Waals surface area contributed by atoms with Crippen LogP contribution in [0.2, 0.25) is 10.0 Å². The summed E-state index contributed by atoms with van der Waals surface area (Å²) in [6, 6.07) is 4.62. The van der Waals surface area contributed by atoms with Crippen LogP contribution in [0.25, 0.3) is 5.69 Å². The summed E-state index contributed by atoms with van der Waals surface area (Å²) in [5.41, 5.74) is 0.903. The summed E-state index contributed by atoms with van der Waals surface area (Å²) in [5.74, 6) is -1.22. The molecule has 0 atom stereocenters. The molecule has 0 aliphatic carbocycles. The van der Waals surface area contributed by atoms with Gasteiger partial charge in [0.1, 0.15) is 0 Å². The number of aliphatic carboxylic acids is 1. The number of hydrogen-bond acceptors (Lipinski definition) is 4. The van der Waals surface area contributed by atoms with Crippen LogP contribution >= 0.6 is 35.0 Å². The quantitative estimate of drug-likeness (QED) is 0.681. The van der Waals surface area contributed by atoms with Gasteiger partial charge in [0.05, 0.1) is 16.5 Å². The third-order valence-corrected chi connectivity index (χ3v) is 4.24. The highest BCUT2D eigenvalue weighted by Gasteiger charge is 2.12. The summed E-state index contributed by atoms with van der Waals surface area (Å²) >= 11 is 13.2. The zero-order chi connectivity index (χ0) is 15.6. The Hall–Kier alpha value is -1.50. The van der Waals surface area contributed by atoms with Crippen LogP contribution in [0, 0.1) is 6.92 Å². The molecule has 0 saturated heterocycles. The lowest BCUT2D eigenvalue weighted by Crippen LogP contribution is -2.13. The van der Waals surface area contributed by atoms with Crippen LogP contribution in [-0.2, 0) is 4.79 Å². The number of nitrogens with zero attached hydrogens (tertiary/aromatic N) is 2. The highest BCUT2D eigenvalue weighted by molar-refractivity contribution is 7.99.